The van der Waals surface area contributed by atoms with E-state index >= 15 is 0 Å². The Kier molecular flexibility index (Phi) is 4.25. The molecule has 0 aromatic carbocycles. The van der Waals surface area contributed by atoms with Gasteiger partial charge >= 0.3 is 0 Å². The van der Waals surface area contributed by atoms with Gasteiger partial charge in [0, 0.05) is 18.9 Å². The average Bonchev–Trinajstić information content (AvgIpc) is 2.66. The Balaban J connectivity index is 2.09. The van der Waals surface area contributed by atoms with Crippen molar-refractivity contribution < 1.29 is 4.79 Å². The van der Waals surface area contributed by atoms with Gasteiger partial charge in [-0.1, -0.05) is 25.7 Å². The van der Waals surface area contributed by atoms with Crippen LogP contribution in [0, 0.1) is 5.41 Å². The number of hydrogen-bond acceptors (Lipinski definition) is 4. The van der Waals surface area contributed by atoms with Crippen LogP contribution in [0.3, 0.4) is 0 Å². The molecule has 1 fully saturated rings. The normalized spacial score (nSPS) is 18.9. The molecule has 0 unspecified atom stereocenters. The van der Waals surface area contributed by atoms with Crippen molar-refractivity contribution in [3.63, 3.8) is 0 Å². The minimum Gasteiger partial charge on any atom is -0.329 e. The summed E-state index contributed by atoms with van der Waals surface area (Å²) in [6.45, 7) is 0.395. The molecule has 1 saturated carbocycles. The zero-order valence-corrected chi connectivity index (χ0v) is 10.6. The van der Waals surface area contributed by atoms with Crippen molar-refractivity contribution in [3.8, 4) is 0 Å². The minimum absolute atomic E-state index is 0.0295. The standard InChI is InChI=1S/C13H20N4O/c14-10-13(6-3-1-2-4-7-13)11(18)17-12-15-8-5-9-16-12/h5,8-9H,1-4,6-7,10,14H2,(H,15,16,17,18). The van der Waals surface area contributed by atoms with E-state index < -0.39 is 5.41 Å². The van der Waals surface area contributed by atoms with Crippen LogP contribution in [0.15, 0.2) is 18.5 Å². The van der Waals surface area contributed by atoms with Gasteiger partial charge in [0.15, 0.2) is 0 Å². The fourth-order valence-electron chi connectivity index (χ4n) is 2.53. The molecule has 1 aliphatic rings. The SMILES string of the molecule is NCC1(C(=O)Nc2ncccn2)CCCCCC1. The summed E-state index contributed by atoms with van der Waals surface area (Å²) in [5.74, 6) is 0.331. The maximum atomic E-state index is 12.4. The quantitative estimate of drug-likeness (QED) is 0.798. The Labute approximate surface area is 107 Å². The number of anilines is 1. The predicted octanol–water partition coefficient (Wildman–Crippen LogP) is 1.71. The van der Waals surface area contributed by atoms with Crippen LogP contribution in [0.25, 0.3) is 0 Å². The van der Waals surface area contributed by atoms with Crippen molar-refractivity contribution in [1.82, 2.24) is 9.97 Å². The van der Waals surface area contributed by atoms with E-state index in [0.717, 1.165) is 25.7 Å². The molecule has 3 N–H and O–H groups in total. The molecule has 0 atom stereocenters. The number of hydrogen-bond donors (Lipinski definition) is 2. The second kappa shape index (κ2) is 5.91. The first-order chi connectivity index (χ1) is 8.77. The number of amides is 1. The molecule has 1 aromatic rings. The van der Waals surface area contributed by atoms with Crippen LogP contribution < -0.4 is 11.1 Å². The molecule has 1 aliphatic carbocycles. The van der Waals surface area contributed by atoms with Crippen molar-refractivity contribution in [3.05, 3.63) is 18.5 Å². The lowest BCUT2D eigenvalue weighted by atomic mass is 9.79. The molecule has 0 spiro atoms. The Morgan fingerprint density at radius 1 is 1.22 bits per heavy atom. The number of nitrogens with two attached hydrogens (primary N) is 1. The van der Waals surface area contributed by atoms with Crippen LogP contribution in [-0.4, -0.2) is 22.4 Å². The first kappa shape index (κ1) is 13.0. The Morgan fingerprint density at radius 2 is 1.83 bits per heavy atom. The lowest BCUT2D eigenvalue weighted by molar-refractivity contribution is -0.125. The molecule has 0 radical (unpaired) electrons. The molecule has 98 valence electrons. The van der Waals surface area contributed by atoms with Crippen LogP contribution in [0.5, 0.6) is 0 Å². The van der Waals surface area contributed by atoms with E-state index in [0.29, 0.717) is 12.5 Å². The second-order valence-corrected chi connectivity index (χ2v) is 4.93. The highest BCUT2D eigenvalue weighted by Gasteiger charge is 2.37. The van der Waals surface area contributed by atoms with Gasteiger partial charge in [0.1, 0.15) is 0 Å². The lowest BCUT2D eigenvalue weighted by Crippen LogP contribution is -2.42. The highest BCUT2D eigenvalue weighted by Crippen LogP contribution is 2.35. The van der Waals surface area contributed by atoms with Crippen molar-refractivity contribution in [1.29, 1.82) is 0 Å². The molecule has 1 aromatic heterocycles. The van der Waals surface area contributed by atoms with Crippen LogP contribution in [-0.2, 0) is 4.79 Å². The Hall–Kier alpha value is -1.49. The van der Waals surface area contributed by atoms with Crippen LogP contribution >= 0.6 is 0 Å². The molecular formula is C13H20N4O. The van der Waals surface area contributed by atoms with Gasteiger partial charge in [0.05, 0.1) is 5.41 Å². The van der Waals surface area contributed by atoms with Crippen LogP contribution in [0.2, 0.25) is 0 Å². The van der Waals surface area contributed by atoms with Crippen molar-refractivity contribution in [2.24, 2.45) is 11.1 Å². The largest absolute Gasteiger partial charge is 0.329 e. The van der Waals surface area contributed by atoms with Gasteiger partial charge in [-0.25, -0.2) is 9.97 Å². The third-order valence-electron chi connectivity index (χ3n) is 3.72. The topological polar surface area (TPSA) is 80.9 Å². The minimum atomic E-state index is -0.435. The third-order valence-corrected chi connectivity index (χ3v) is 3.72. The number of nitrogens with zero attached hydrogens (tertiary/aromatic N) is 2. The predicted molar refractivity (Wildman–Crippen MR) is 69.9 cm³/mol. The Bertz CT molecular complexity index is 385. The van der Waals surface area contributed by atoms with Gasteiger partial charge in [-0.3, -0.25) is 10.1 Å². The first-order valence-electron chi connectivity index (χ1n) is 6.55. The molecule has 0 saturated heterocycles. The molecule has 18 heavy (non-hydrogen) atoms. The highest BCUT2D eigenvalue weighted by molar-refractivity contribution is 5.94. The fraction of sp³-hybridized carbons (Fsp3) is 0.615. The van der Waals surface area contributed by atoms with E-state index in [-0.39, 0.29) is 5.91 Å². The van der Waals surface area contributed by atoms with E-state index in [9.17, 15) is 4.79 Å². The maximum absolute atomic E-state index is 12.4. The molecule has 5 nitrogen and oxygen atoms in total. The molecule has 2 rings (SSSR count). The van der Waals surface area contributed by atoms with Gasteiger partial charge in [0.2, 0.25) is 11.9 Å². The first-order valence-corrected chi connectivity index (χ1v) is 6.55. The van der Waals surface area contributed by atoms with Gasteiger partial charge in [-0.05, 0) is 18.9 Å². The zero-order chi connectivity index (χ0) is 12.8. The fourth-order valence-corrected chi connectivity index (χ4v) is 2.53. The van der Waals surface area contributed by atoms with Crippen LogP contribution in [0.1, 0.15) is 38.5 Å². The highest BCUT2D eigenvalue weighted by atomic mass is 16.2. The van der Waals surface area contributed by atoms with Crippen molar-refractivity contribution in [2.45, 2.75) is 38.5 Å². The van der Waals surface area contributed by atoms with E-state index in [4.69, 9.17) is 5.73 Å². The van der Waals surface area contributed by atoms with Crippen molar-refractivity contribution in [2.75, 3.05) is 11.9 Å². The average molecular weight is 248 g/mol. The summed E-state index contributed by atoms with van der Waals surface area (Å²) in [5, 5.41) is 2.79. The van der Waals surface area contributed by atoms with Crippen LogP contribution in [0.4, 0.5) is 5.95 Å². The van der Waals surface area contributed by atoms with Gasteiger partial charge in [-0.2, -0.15) is 0 Å². The smallest absolute Gasteiger partial charge is 0.234 e. The van der Waals surface area contributed by atoms with E-state index in [1.807, 2.05) is 0 Å². The molecule has 0 bridgehead atoms. The molecule has 1 heterocycles. The summed E-state index contributed by atoms with van der Waals surface area (Å²) in [6, 6.07) is 1.72. The number of aromatic nitrogens is 2. The molecule has 5 heteroatoms. The lowest BCUT2D eigenvalue weighted by Gasteiger charge is -2.29. The zero-order valence-electron chi connectivity index (χ0n) is 10.6. The van der Waals surface area contributed by atoms with E-state index in [2.05, 4.69) is 15.3 Å². The molecule has 1 amide bonds. The maximum Gasteiger partial charge on any atom is 0.234 e. The van der Waals surface area contributed by atoms with E-state index in [1.54, 1.807) is 18.5 Å². The molecule has 0 aliphatic heterocycles. The number of rotatable bonds is 3. The van der Waals surface area contributed by atoms with E-state index in [1.165, 1.54) is 12.8 Å². The van der Waals surface area contributed by atoms with Gasteiger partial charge in [0.25, 0.3) is 0 Å². The second-order valence-electron chi connectivity index (χ2n) is 4.93. The summed E-state index contributed by atoms with van der Waals surface area (Å²) < 4.78 is 0. The molecular weight excluding hydrogens is 228 g/mol. The van der Waals surface area contributed by atoms with Gasteiger partial charge in [-0.15, -0.1) is 0 Å². The summed E-state index contributed by atoms with van der Waals surface area (Å²) >= 11 is 0. The number of carbonyl (C=O) groups is 1. The summed E-state index contributed by atoms with van der Waals surface area (Å²) in [7, 11) is 0. The summed E-state index contributed by atoms with van der Waals surface area (Å²) in [5.41, 5.74) is 5.43. The number of nitrogens with one attached hydrogen (secondary N) is 1. The number of carbonyl (C=O) groups excluding carboxylic acids is 1. The monoisotopic (exact) mass is 248 g/mol. The Morgan fingerprint density at radius 3 is 2.39 bits per heavy atom. The van der Waals surface area contributed by atoms with Gasteiger partial charge < -0.3 is 5.73 Å². The summed E-state index contributed by atoms with van der Waals surface area (Å²) in [4.78, 5) is 20.4. The third kappa shape index (κ3) is 2.85. The summed E-state index contributed by atoms with van der Waals surface area (Å²) in [6.07, 6.45) is 9.48. The van der Waals surface area contributed by atoms with Crippen molar-refractivity contribution >= 4 is 11.9 Å².